The Hall–Kier alpha value is -3.53. The van der Waals surface area contributed by atoms with E-state index in [2.05, 4.69) is 20.4 Å². The normalized spacial score (nSPS) is 21.3. The summed E-state index contributed by atoms with van der Waals surface area (Å²) in [6.07, 6.45) is 5.23. The standard InChI is InChI=1S/C20H22N6O4/c21-19(29)20(7-4-14(27)5-8-20)30-18(28)15-12-24-26-10-6-16(25-17(15)26)23-11-13-3-1-2-9-22-13/h1-3,6,9-10,12,14,27H,4-5,7-8,11H2,(H2,21,29)(H,23,25). The van der Waals surface area contributed by atoms with Crippen molar-refractivity contribution in [1.29, 1.82) is 0 Å². The van der Waals surface area contributed by atoms with Gasteiger partial charge in [-0.3, -0.25) is 9.78 Å². The lowest BCUT2D eigenvalue weighted by Gasteiger charge is -2.35. The topological polar surface area (TPSA) is 145 Å². The molecule has 10 heteroatoms. The van der Waals surface area contributed by atoms with Gasteiger partial charge in [0.2, 0.25) is 0 Å². The van der Waals surface area contributed by atoms with Crippen molar-refractivity contribution < 1.29 is 19.4 Å². The van der Waals surface area contributed by atoms with Gasteiger partial charge in [-0.1, -0.05) is 6.07 Å². The number of nitrogens with zero attached hydrogens (tertiary/aromatic N) is 4. The molecule has 0 spiro atoms. The molecule has 1 saturated carbocycles. The molecule has 0 aliphatic heterocycles. The highest BCUT2D eigenvalue weighted by atomic mass is 16.6. The molecule has 3 aromatic heterocycles. The fourth-order valence-corrected chi connectivity index (χ4v) is 3.50. The average molecular weight is 410 g/mol. The summed E-state index contributed by atoms with van der Waals surface area (Å²) in [6.45, 7) is 0.463. The number of primary amides is 1. The van der Waals surface area contributed by atoms with Crippen LogP contribution in [-0.4, -0.2) is 48.3 Å². The number of hydrogen-bond acceptors (Lipinski definition) is 8. The summed E-state index contributed by atoms with van der Waals surface area (Å²) < 4.78 is 7.01. The fraction of sp³-hybridized carbons (Fsp3) is 0.350. The third-order valence-corrected chi connectivity index (χ3v) is 5.27. The van der Waals surface area contributed by atoms with Gasteiger partial charge in [-0.05, 0) is 43.9 Å². The number of amides is 1. The van der Waals surface area contributed by atoms with Crippen molar-refractivity contribution in [3.05, 3.63) is 54.1 Å². The number of nitrogens with one attached hydrogen (secondary N) is 1. The SMILES string of the molecule is NC(=O)C1(OC(=O)c2cnn3ccc(NCc4ccccn4)nc23)CCC(O)CC1. The number of anilines is 1. The van der Waals surface area contributed by atoms with E-state index in [1.807, 2.05) is 18.2 Å². The molecule has 1 aliphatic carbocycles. The molecule has 4 N–H and O–H groups in total. The van der Waals surface area contributed by atoms with E-state index in [-0.39, 0.29) is 18.4 Å². The lowest BCUT2D eigenvalue weighted by Crippen LogP contribution is -2.50. The third-order valence-electron chi connectivity index (χ3n) is 5.27. The van der Waals surface area contributed by atoms with Gasteiger partial charge in [-0.15, -0.1) is 0 Å². The van der Waals surface area contributed by atoms with Gasteiger partial charge in [0.05, 0.1) is 24.5 Å². The zero-order valence-corrected chi connectivity index (χ0v) is 16.2. The minimum Gasteiger partial charge on any atom is -0.445 e. The molecule has 0 bridgehead atoms. The van der Waals surface area contributed by atoms with E-state index in [0.29, 0.717) is 30.9 Å². The Kier molecular flexibility index (Phi) is 5.32. The zero-order valence-electron chi connectivity index (χ0n) is 16.2. The Bertz CT molecular complexity index is 1060. The van der Waals surface area contributed by atoms with Crippen LogP contribution in [0, 0.1) is 0 Å². The van der Waals surface area contributed by atoms with Crippen LogP contribution in [0.25, 0.3) is 5.65 Å². The lowest BCUT2D eigenvalue weighted by molar-refractivity contribution is -0.143. The minimum atomic E-state index is -1.43. The number of ether oxygens (including phenoxy) is 1. The van der Waals surface area contributed by atoms with Gasteiger partial charge in [0.25, 0.3) is 5.91 Å². The van der Waals surface area contributed by atoms with Gasteiger partial charge in [0.15, 0.2) is 11.2 Å². The molecule has 0 unspecified atom stereocenters. The molecule has 1 aliphatic rings. The van der Waals surface area contributed by atoms with Crippen LogP contribution in [0.1, 0.15) is 41.7 Å². The number of pyridine rings is 1. The Morgan fingerprint density at radius 3 is 2.80 bits per heavy atom. The van der Waals surface area contributed by atoms with Crippen molar-refractivity contribution in [1.82, 2.24) is 19.6 Å². The molecular formula is C20H22N6O4. The maximum atomic E-state index is 12.9. The van der Waals surface area contributed by atoms with E-state index in [1.54, 1.807) is 18.5 Å². The molecule has 0 aromatic carbocycles. The molecule has 0 radical (unpaired) electrons. The molecular weight excluding hydrogens is 388 g/mol. The Morgan fingerprint density at radius 1 is 1.30 bits per heavy atom. The van der Waals surface area contributed by atoms with Gasteiger partial charge in [0, 0.05) is 12.4 Å². The number of fused-ring (bicyclic) bond motifs is 1. The quantitative estimate of drug-likeness (QED) is 0.511. The molecule has 1 fully saturated rings. The highest BCUT2D eigenvalue weighted by Crippen LogP contribution is 2.33. The van der Waals surface area contributed by atoms with Crippen molar-refractivity contribution in [2.45, 2.75) is 43.9 Å². The van der Waals surface area contributed by atoms with Crippen molar-refractivity contribution in [3.8, 4) is 0 Å². The van der Waals surface area contributed by atoms with Crippen LogP contribution in [0.4, 0.5) is 5.82 Å². The summed E-state index contributed by atoms with van der Waals surface area (Å²) in [5.41, 5.74) is 5.36. The number of carbonyl (C=O) groups is 2. The van der Waals surface area contributed by atoms with E-state index < -0.39 is 23.6 Å². The van der Waals surface area contributed by atoms with Crippen LogP contribution in [0.3, 0.4) is 0 Å². The van der Waals surface area contributed by atoms with Crippen LogP contribution in [0.15, 0.2) is 42.9 Å². The molecule has 156 valence electrons. The first-order chi connectivity index (χ1) is 14.5. The van der Waals surface area contributed by atoms with E-state index in [9.17, 15) is 14.7 Å². The van der Waals surface area contributed by atoms with Gasteiger partial charge in [-0.25, -0.2) is 14.3 Å². The smallest absolute Gasteiger partial charge is 0.344 e. The van der Waals surface area contributed by atoms with Crippen LogP contribution in [0.5, 0.6) is 0 Å². The van der Waals surface area contributed by atoms with Crippen molar-refractivity contribution in [2.24, 2.45) is 5.73 Å². The molecule has 4 rings (SSSR count). The first kappa shape index (κ1) is 19.8. The molecule has 30 heavy (non-hydrogen) atoms. The average Bonchev–Trinajstić information content (AvgIpc) is 3.18. The van der Waals surface area contributed by atoms with Crippen molar-refractivity contribution >= 4 is 23.3 Å². The zero-order chi connectivity index (χ0) is 21.1. The Morgan fingerprint density at radius 2 is 2.10 bits per heavy atom. The summed E-state index contributed by atoms with van der Waals surface area (Å²) in [4.78, 5) is 33.6. The van der Waals surface area contributed by atoms with Gasteiger partial charge >= 0.3 is 5.97 Å². The maximum absolute atomic E-state index is 12.9. The van der Waals surface area contributed by atoms with Crippen LogP contribution >= 0.6 is 0 Å². The second-order valence-electron chi connectivity index (χ2n) is 7.29. The molecule has 3 aromatic rings. The van der Waals surface area contributed by atoms with E-state index in [0.717, 1.165) is 5.69 Å². The number of hydrogen-bond donors (Lipinski definition) is 3. The number of carbonyl (C=O) groups excluding carboxylic acids is 2. The highest BCUT2D eigenvalue weighted by molar-refractivity contribution is 5.98. The monoisotopic (exact) mass is 410 g/mol. The molecule has 0 atom stereocenters. The van der Waals surface area contributed by atoms with Crippen molar-refractivity contribution in [2.75, 3.05) is 5.32 Å². The minimum absolute atomic E-state index is 0.128. The van der Waals surface area contributed by atoms with Gasteiger partial charge in [0.1, 0.15) is 11.4 Å². The molecule has 3 heterocycles. The first-order valence-electron chi connectivity index (χ1n) is 9.66. The first-order valence-corrected chi connectivity index (χ1v) is 9.66. The second-order valence-corrected chi connectivity index (χ2v) is 7.29. The number of esters is 1. The number of rotatable bonds is 6. The summed E-state index contributed by atoms with van der Waals surface area (Å²) in [7, 11) is 0. The molecule has 10 nitrogen and oxygen atoms in total. The second kappa shape index (κ2) is 8.07. The van der Waals surface area contributed by atoms with Crippen LogP contribution < -0.4 is 11.1 Å². The third kappa shape index (κ3) is 3.94. The Labute approximate surface area is 172 Å². The van der Waals surface area contributed by atoms with Gasteiger partial charge in [-0.2, -0.15) is 5.10 Å². The summed E-state index contributed by atoms with van der Waals surface area (Å²) in [6, 6.07) is 7.34. The van der Waals surface area contributed by atoms with Crippen LogP contribution in [-0.2, 0) is 16.1 Å². The van der Waals surface area contributed by atoms with Crippen LogP contribution in [0.2, 0.25) is 0 Å². The highest BCUT2D eigenvalue weighted by Gasteiger charge is 2.44. The summed E-state index contributed by atoms with van der Waals surface area (Å²) >= 11 is 0. The molecule has 0 saturated heterocycles. The number of aliphatic hydroxyl groups is 1. The number of nitrogens with two attached hydrogens (primary N) is 1. The molecule has 1 amide bonds. The largest absolute Gasteiger partial charge is 0.445 e. The van der Waals surface area contributed by atoms with Crippen molar-refractivity contribution in [3.63, 3.8) is 0 Å². The fourth-order valence-electron chi connectivity index (χ4n) is 3.50. The predicted molar refractivity (Wildman–Crippen MR) is 106 cm³/mol. The van der Waals surface area contributed by atoms with E-state index >= 15 is 0 Å². The number of aliphatic hydroxyl groups excluding tert-OH is 1. The summed E-state index contributed by atoms with van der Waals surface area (Å²) in [5.74, 6) is -0.910. The Balaban J connectivity index is 1.54. The lowest BCUT2D eigenvalue weighted by atomic mass is 9.82. The van der Waals surface area contributed by atoms with E-state index in [1.165, 1.54) is 10.7 Å². The maximum Gasteiger partial charge on any atom is 0.344 e. The summed E-state index contributed by atoms with van der Waals surface area (Å²) in [5, 5.41) is 17.0. The predicted octanol–water partition coefficient (Wildman–Crippen LogP) is 1.05. The van der Waals surface area contributed by atoms with Gasteiger partial charge < -0.3 is 20.9 Å². The van der Waals surface area contributed by atoms with E-state index in [4.69, 9.17) is 10.5 Å². The number of aromatic nitrogens is 4.